The van der Waals surface area contributed by atoms with Crippen LogP contribution >= 0.6 is 0 Å². The highest BCUT2D eigenvalue weighted by molar-refractivity contribution is 5.93. The first-order chi connectivity index (χ1) is 18.2. The summed E-state index contributed by atoms with van der Waals surface area (Å²) in [6.07, 6.45) is 6.41. The normalized spacial score (nSPS) is 25.6. The molecule has 9 heteroatoms. The standard InChI is InChI=1S/C29H34F2N6O/c1-5-36(27(38)18-14-32-37(15-18)19-10-12-35(4)16-19)17-29-11-9-21(28(29,2)3)20-13-24(33-34-26(20)29)25-22(30)7-6-8-23(25)31/h6-8,13-15,19,21H,5,9-12,16-17H2,1-4H3/t19?,21-,29-/m0/s1. The van der Waals surface area contributed by atoms with Crippen LogP contribution in [0.1, 0.15) is 73.6 Å². The van der Waals surface area contributed by atoms with Gasteiger partial charge in [-0.15, -0.1) is 0 Å². The Balaban J connectivity index is 1.32. The summed E-state index contributed by atoms with van der Waals surface area (Å²) in [5.41, 5.74) is 1.94. The van der Waals surface area contributed by atoms with Crippen molar-refractivity contribution in [3.05, 3.63) is 65.1 Å². The summed E-state index contributed by atoms with van der Waals surface area (Å²) in [6, 6.07) is 5.93. The van der Waals surface area contributed by atoms with Crippen LogP contribution in [0, 0.1) is 17.0 Å². The average Bonchev–Trinajstić information content (AvgIpc) is 3.63. The van der Waals surface area contributed by atoms with Crippen LogP contribution in [-0.2, 0) is 5.41 Å². The predicted molar refractivity (Wildman–Crippen MR) is 140 cm³/mol. The van der Waals surface area contributed by atoms with Crippen molar-refractivity contribution in [2.75, 3.05) is 33.2 Å². The molecule has 0 spiro atoms. The quantitative estimate of drug-likeness (QED) is 0.467. The Morgan fingerprint density at radius 1 is 1.18 bits per heavy atom. The number of benzene rings is 1. The van der Waals surface area contributed by atoms with Gasteiger partial charge in [0.25, 0.3) is 5.91 Å². The third kappa shape index (κ3) is 3.61. The lowest BCUT2D eigenvalue weighted by atomic mass is 9.68. The third-order valence-electron chi connectivity index (χ3n) is 9.55. The van der Waals surface area contributed by atoms with Crippen molar-refractivity contribution in [2.45, 2.75) is 57.4 Å². The van der Waals surface area contributed by atoms with Crippen LogP contribution in [-0.4, -0.2) is 68.9 Å². The maximum atomic E-state index is 14.5. The van der Waals surface area contributed by atoms with E-state index in [0.29, 0.717) is 18.7 Å². The highest BCUT2D eigenvalue weighted by atomic mass is 19.1. The molecule has 38 heavy (non-hydrogen) atoms. The number of nitrogens with zero attached hydrogens (tertiary/aromatic N) is 6. The van der Waals surface area contributed by atoms with Crippen molar-refractivity contribution in [1.82, 2.24) is 29.8 Å². The van der Waals surface area contributed by atoms with E-state index in [1.54, 1.807) is 6.20 Å². The molecule has 1 aliphatic heterocycles. The van der Waals surface area contributed by atoms with Crippen molar-refractivity contribution >= 4 is 5.91 Å². The van der Waals surface area contributed by atoms with E-state index in [0.717, 1.165) is 43.6 Å². The van der Waals surface area contributed by atoms with E-state index in [9.17, 15) is 13.6 Å². The minimum Gasteiger partial charge on any atom is -0.338 e. The molecule has 2 aliphatic carbocycles. The summed E-state index contributed by atoms with van der Waals surface area (Å²) in [7, 11) is 2.10. The van der Waals surface area contributed by atoms with E-state index >= 15 is 0 Å². The second-order valence-electron chi connectivity index (χ2n) is 11.8. The summed E-state index contributed by atoms with van der Waals surface area (Å²) < 4.78 is 31.0. The fraction of sp³-hybridized carbons (Fsp3) is 0.517. The largest absolute Gasteiger partial charge is 0.338 e. The molecule has 1 saturated heterocycles. The van der Waals surface area contributed by atoms with Crippen LogP contribution in [0.5, 0.6) is 0 Å². The lowest BCUT2D eigenvalue weighted by Crippen LogP contribution is -2.48. The van der Waals surface area contributed by atoms with Gasteiger partial charge in [0, 0.05) is 31.2 Å². The summed E-state index contributed by atoms with van der Waals surface area (Å²) in [5.74, 6) is -1.16. The Bertz CT molecular complexity index is 1380. The molecule has 3 aliphatic rings. The minimum absolute atomic E-state index is 0.0369. The maximum absolute atomic E-state index is 14.5. The van der Waals surface area contributed by atoms with Crippen LogP contribution < -0.4 is 0 Å². The molecule has 2 bridgehead atoms. The summed E-state index contributed by atoms with van der Waals surface area (Å²) >= 11 is 0. The molecule has 1 amide bonds. The summed E-state index contributed by atoms with van der Waals surface area (Å²) in [5, 5.41) is 13.4. The van der Waals surface area contributed by atoms with E-state index in [-0.39, 0.29) is 40.0 Å². The van der Waals surface area contributed by atoms with Crippen LogP contribution in [0.25, 0.3) is 11.3 Å². The fourth-order valence-electron chi connectivity index (χ4n) is 7.25. The van der Waals surface area contributed by atoms with Gasteiger partial charge < -0.3 is 9.80 Å². The Labute approximate surface area is 221 Å². The second kappa shape index (κ2) is 8.93. The molecule has 3 heterocycles. The number of likely N-dealkylation sites (N-methyl/N-ethyl adjacent to an activating group) is 2. The van der Waals surface area contributed by atoms with Gasteiger partial charge in [-0.25, -0.2) is 8.78 Å². The summed E-state index contributed by atoms with van der Waals surface area (Å²) in [4.78, 5) is 17.9. The lowest BCUT2D eigenvalue weighted by molar-refractivity contribution is 0.0652. The maximum Gasteiger partial charge on any atom is 0.257 e. The number of carbonyl (C=O) groups is 1. The zero-order chi connectivity index (χ0) is 26.8. The molecular formula is C29H34F2N6O. The van der Waals surface area contributed by atoms with E-state index < -0.39 is 11.6 Å². The number of rotatable bonds is 6. The first-order valence-corrected chi connectivity index (χ1v) is 13.5. The van der Waals surface area contributed by atoms with Crippen LogP contribution in [0.3, 0.4) is 0 Å². The predicted octanol–water partition coefficient (Wildman–Crippen LogP) is 4.81. The summed E-state index contributed by atoms with van der Waals surface area (Å²) in [6.45, 7) is 9.47. The second-order valence-corrected chi connectivity index (χ2v) is 11.8. The highest BCUT2D eigenvalue weighted by Gasteiger charge is 2.64. The molecule has 3 aromatic rings. The van der Waals surface area contributed by atoms with Gasteiger partial charge in [0.1, 0.15) is 11.6 Å². The van der Waals surface area contributed by atoms with Gasteiger partial charge in [0.2, 0.25) is 0 Å². The van der Waals surface area contributed by atoms with Crippen LogP contribution in [0.15, 0.2) is 36.7 Å². The Kier molecular flexibility index (Phi) is 5.90. The van der Waals surface area contributed by atoms with Gasteiger partial charge in [-0.3, -0.25) is 9.48 Å². The van der Waals surface area contributed by atoms with Crippen LogP contribution in [0.2, 0.25) is 0 Å². The molecule has 1 unspecified atom stereocenters. The molecule has 6 rings (SSSR count). The number of fused-ring (bicyclic) bond motifs is 5. The number of hydrogen-bond acceptors (Lipinski definition) is 5. The van der Waals surface area contributed by atoms with Crippen molar-refractivity contribution in [2.24, 2.45) is 5.41 Å². The molecule has 200 valence electrons. The van der Waals surface area contributed by atoms with Crippen molar-refractivity contribution in [1.29, 1.82) is 0 Å². The van der Waals surface area contributed by atoms with E-state index in [4.69, 9.17) is 0 Å². The molecule has 0 radical (unpaired) electrons. The van der Waals surface area contributed by atoms with Crippen molar-refractivity contribution in [3.63, 3.8) is 0 Å². The van der Waals surface area contributed by atoms with Gasteiger partial charge in [-0.2, -0.15) is 15.3 Å². The first kappa shape index (κ1) is 25.1. The molecule has 1 aromatic carbocycles. The number of likely N-dealkylation sites (tertiary alicyclic amines) is 1. The zero-order valence-corrected chi connectivity index (χ0v) is 22.4. The molecule has 1 saturated carbocycles. The number of carbonyl (C=O) groups excluding carboxylic acids is 1. The molecule has 2 fully saturated rings. The SMILES string of the molecule is CCN(C[C@@]12CC[C@@H](c3cc(-c4c(F)cccc4F)nnc31)C2(C)C)C(=O)c1cnn(C2CCN(C)C2)c1. The Morgan fingerprint density at radius 2 is 1.95 bits per heavy atom. The van der Waals surface area contributed by atoms with E-state index in [1.165, 1.54) is 18.2 Å². The van der Waals surface area contributed by atoms with Gasteiger partial charge in [0.15, 0.2) is 0 Å². The number of amides is 1. The third-order valence-corrected chi connectivity index (χ3v) is 9.55. The number of aromatic nitrogens is 4. The first-order valence-electron chi connectivity index (χ1n) is 13.5. The fourth-order valence-corrected chi connectivity index (χ4v) is 7.25. The minimum atomic E-state index is -0.649. The molecule has 7 nitrogen and oxygen atoms in total. The number of halogens is 2. The van der Waals surface area contributed by atoms with Crippen molar-refractivity contribution < 1.29 is 13.6 Å². The number of hydrogen-bond donors (Lipinski definition) is 0. The van der Waals surface area contributed by atoms with Gasteiger partial charge in [0.05, 0.1) is 34.8 Å². The molecule has 0 N–H and O–H groups in total. The Morgan fingerprint density at radius 3 is 2.63 bits per heavy atom. The van der Waals surface area contributed by atoms with Crippen LogP contribution in [0.4, 0.5) is 8.78 Å². The highest BCUT2D eigenvalue weighted by Crippen LogP contribution is 2.67. The topological polar surface area (TPSA) is 67.2 Å². The molecule has 3 atom stereocenters. The molecular weight excluding hydrogens is 486 g/mol. The van der Waals surface area contributed by atoms with E-state index in [1.807, 2.05) is 28.8 Å². The van der Waals surface area contributed by atoms with Gasteiger partial charge in [-0.05, 0) is 74.9 Å². The van der Waals surface area contributed by atoms with Gasteiger partial charge in [-0.1, -0.05) is 19.9 Å². The lowest BCUT2D eigenvalue weighted by Gasteiger charge is -2.41. The van der Waals surface area contributed by atoms with Crippen molar-refractivity contribution in [3.8, 4) is 11.3 Å². The average molecular weight is 521 g/mol. The smallest absolute Gasteiger partial charge is 0.257 e. The monoisotopic (exact) mass is 520 g/mol. The van der Waals surface area contributed by atoms with Gasteiger partial charge >= 0.3 is 0 Å². The Hall–Kier alpha value is -3.20. The molecule has 2 aromatic heterocycles. The zero-order valence-electron chi connectivity index (χ0n) is 22.4. The van der Waals surface area contributed by atoms with E-state index in [2.05, 4.69) is 41.1 Å².